The van der Waals surface area contributed by atoms with Crippen molar-refractivity contribution in [2.24, 2.45) is 39.6 Å². The van der Waals surface area contributed by atoms with Crippen molar-refractivity contribution >= 4 is 86.6 Å². The van der Waals surface area contributed by atoms with Gasteiger partial charge in [0.25, 0.3) is 0 Å². The molecule has 1 spiro atoms. The Balaban J connectivity index is 1.67. The summed E-state index contributed by atoms with van der Waals surface area (Å²) >= 11 is 0. The number of guanidine groups is 1. The first kappa shape index (κ1) is 56.4. The lowest BCUT2D eigenvalue weighted by atomic mass is 9.80. The van der Waals surface area contributed by atoms with Gasteiger partial charge in [-0.1, -0.05) is 85.0 Å². The largest absolute Gasteiger partial charge is 0.370 e. The van der Waals surface area contributed by atoms with E-state index >= 15 is 0 Å². The number of hydrogen-bond donors (Lipinski definition) is 12. The number of carbonyl (C=O) groups is 10. The maximum absolute atomic E-state index is 14.6. The van der Waals surface area contributed by atoms with Gasteiger partial charge < -0.3 is 70.8 Å². The summed E-state index contributed by atoms with van der Waals surface area (Å²) in [5.41, 5.74) is 27.3. The van der Waals surface area contributed by atoms with E-state index in [0.717, 1.165) is 28.0 Å². The Bertz CT molecular complexity index is 2090. The summed E-state index contributed by atoms with van der Waals surface area (Å²) in [5, 5.41) is 18.6. The van der Waals surface area contributed by atoms with E-state index in [2.05, 4.69) is 42.2 Å². The molecule has 70 heavy (non-hydrogen) atoms. The number of amides is 10. The number of aliphatic imine (C=N–C) groups is 1. The van der Waals surface area contributed by atoms with Crippen LogP contribution in [0.15, 0.2) is 35.3 Å². The van der Waals surface area contributed by atoms with E-state index in [0.29, 0.717) is 24.8 Å². The van der Waals surface area contributed by atoms with Crippen LogP contribution in [-0.2, 0) is 54.4 Å². The standard InChI is InChI=1S/C44H68N14O10S2/c1-24(2)34-40(66)53-29(20-32(46)59)37(63)54-30(41(67)58-18-10-14-31(58)39(65)52-27(13-9-17-50-43(48)49)36(62)51-21-33(47)60)23-70-69-22-26(45)35(61)57-44(15-7-4-8-16-44)42(68)55-28(38(64)56-34)19-25-11-5-3-6-12-25/h3,5-6,11-12,24,26-31,34H,4,7-10,13-23,45H2,1-2H3,(H2,46,59)(H2,47,60)(H,51,62)(H,52,65)(H,53,66)(H,54,63)(H,55,68)(H,56,64)(H,57,61)(H4,48,49,50)/t26-,27-,28-,29-,30-,31-,34-/m0/s1. The zero-order chi connectivity index (χ0) is 51.5. The van der Waals surface area contributed by atoms with Crippen LogP contribution >= 0.6 is 21.6 Å². The molecule has 0 aromatic heterocycles. The Morgan fingerprint density at radius 1 is 0.814 bits per heavy atom. The number of rotatable bonds is 15. The molecular formula is C44H68N14O10S2. The average molecular weight is 1020 g/mol. The highest BCUT2D eigenvalue weighted by atomic mass is 33.1. The monoisotopic (exact) mass is 1020 g/mol. The van der Waals surface area contributed by atoms with Crippen molar-refractivity contribution in [2.75, 3.05) is 31.1 Å². The lowest BCUT2D eigenvalue weighted by molar-refractivity contribution is -0.142. The highest BCUT2D eigenvalue weighted by molar-refractivity contribution is 8.76. The summed E-state index contributed by atoms with van der Waals surface area (Å²) < 4.78 is 0. The summed E-state index contributed by atoms with van der Waals surface area (Å²) in [6.07, 6.45) is 2.69. The van der Waals surface area contributed by atoms with E-state index in [4.69, 9.17) is 28.7 Å². The first-order valence-electron chi connectivity index (χ1n) is 23.3. The number of nitrogens with two attached hydrogens (primary N) is 5. The molecule has 10 amide bonds. The molecule has 386 valence electrons. The zero-order valence-corrected chi connectivity index (χ0v) is 41.1. The van der Waals surface area contributed by atoms with E-state index in [1.54, 1.807) is 44.2 Å². The molecule has 1 aromatic rings. The molecule has 2 heterocycles. The zero-order valence-electron chi connectivity index (χ0n) is 39.5. The summed E-state index contributed by atoms with van der Waals surface area (Å²) in [5.74, 6) is -8.75. The molecule has 26 heteroatoms. The third kappa shape index (κ3) is 17.1. The van der Waals surface area contributed by atoms with Gasteiger partial charge in [0.1, 0.15) is 41.8 Å². The van der Waals surface area contributed by atoms with Crippen molar-refractivity contribution in [3.63, 3.8) is 0 Å². The molecule has 4 rings (SSSR count). The Morgan fingerprint density at radius 3 is 2.13 bits per heavy atom. The van der Waals surface area contributed by atoms with Crippen LogP contribution in [-0.4, -0.2) is 149 Å². The molecule has 24 nitrogen and oxygen atoms in total. The second-order valence-corrected chi connectivity index (χ2v) is 20.5. The molecule has 3 fully saturated rings. The van der Waals surface area contributed by atoms with Crippen LogP contribution in [0.5, 0.6) is 0 Å². The molecule has 17 N–H and O–H groups in total. The van der Waals surface area contributed by atoms with E-state index < -0.39 is 126 Å². The predicted octanol–water partition coefficient (Wildman–Crippen LogP) is -3.63. The highest BCUT2D eigenvalue weighted by Crippen LogP contribution is 2.30. The number of nitrogens with zero attached hydrogens (tertiary/aromatic N) is 2. The van der Waals surface area contributed by atoms with Crippen molar-refractivity contribution in [3.8, 4) is 0 Å². The number of likely N-dealkylation sites (tertiary alicyclic amines) is 1. The normalized spacial score (nSPS) is 24.4. The first-order valence-corrected chi connectivity index (χ1v) is 25.8. The number of carbonyl (C=O) groups excluding carboxylic acids is 10. The van der Waals surface area contributed by atoms with Crippen molar-refractivity contribution in [1.82, 2.24) is 42.1 Å². The van der Waals surface area contributed by atoms with Gasteiger partial charge in [-0.25, -0.2) is 0 Å². The highest BCUT2D eigenvalue weighted by Gasteiger charge is 2.44. The Morgan fingerprint density at radius 2 is 1.49 bits per heavy atom. The molecule has 2 aliphatic heterocycles. The Labute approximate surface area is 414 Å². The second kappa shape index (κ2) is 27.3. The van der Waals surface area contributed by atoms with Crippen LogP contribution in [0.3, 0.4) is 0 Å². The quantitative estimate of drug-likeness (QED) is 0.0349. The van der Waals surface area contributed by atoms with Gasteiger partial charge >= 0.3 is 0 Å². The van der Waals surface area contributed by atoms with E-state index in [-0.39, 0.29) is 69.1 Å². The Kier molecular flexibility index (Phi) is 22.0. The maximum Gasteiger partial charge on any atom is 0.246 e. The molecular weight excluding hydrogens is 949 g/mol. The van der Waals surface area contributed by atoms with Gasteiger partial charge in [-0.2, -0.15) is 0 Å². The molecule has 1 saturated carbocycles. The molecule has 3 aliphatic rings. The first-order chi connectivity index (χ1) is 33.2. The molecule has 1 aliphatic carbocycles. The molecule has 0 unspecified atom stereocenters. The molecule has 1 aromatic carbocycles. The number of primary amides is 2. The van der Waals surface area contributed by atoms with Gasteiger partial charge in [-0.15, -0.1) is 0 Å². The van der Waals surface area contributed by atoms with Crippen LogP contribution < -0.4 is 65.9 Å². The fourth-order valence-electron chi connectivity index (χ4n) is 8.31. The predicted molar refractivity (Wildman–Crippen MR) is 262 cm³/mol. The summed E-state index contributed by atoms with van der Waals surface area (Å²) in [7, 11) is 2.17. The third-order valence-corrected chi connectivity index (χ3v) is 14.5. The molecule has 7 atom stereocenters. The second-order valence-electron chi connectivity index (χ2n) is 17.9. The average Bonchev–Trinajstić information content (AvgIpc) is 3.81. The molecule has 0 bridgehead atoms. The summed E-state index contributed by atoms with van der Waals surface area (Å²) in [6.45, 7) is 2.96. The number of benzene rings is 1. The van der Waals surface area contributed by atoms with Gasteiger partial charge in [0.15, 0.2) is 5.96 Å². The van der Waals surface area contributed by atoms with Crippen molar-refractivity contribution in [3.05, 3.63) is 35.9 Å². The fourth-order valence-corrected chi connectivity index (χ4v) is 10.6. The van der Waals surface area contributed by atoms with Crippen LogP contribution in [0.2, 0.25) is 0 Å². The van der Waals surface area contributed by atoms with Gasteiger partial charge in [0.2, 0.25) is 59.1 Å². The smallest absolute Gasteiger partial charge is 0.246 e. The Hall–Kier alpha value is -6.15. The van der Waals surface area contributed by atoms with Crippen LogP contribution in [0.1, 0.15) is 83.6 Å². The lowest BCUT2D eigenvalue weighted by Gasteiger charge is -2.38. The summed E-state index contributed by atoms with van der Waals surface area (Å²) in [6, 6.07) is -0.220. The summed E-state index contributed by atoms with van der Waals surface area (Å²) in [4.78, 5) is 141. The topological polar surface area (TPSA) is 401 Å². The van der Waals surface area contributed by atoms with Gasteiger partial charge in [-0.3, -0.25) is 52.9 Å². The molecule has 0 radical (unpaired) electrons. The number of hydrogen-bond acceptors (Lipinski definition) is 14. The van der Waals surface area contributed by atoms with Gasteiger partial charge in [-0.05, 0) is 50.0 Å². The molecule has 2 saturated heterocycles. The van der Waals surface area contributed by atoms with E-state index in [9.17, 15) is 47.9 Å². The minimum absolute atomic E-state index is 0.0114. The fraction of sp³-hybridized carbons (Fsp3) is 0.614. The van der Waals surface area contributed by atoms with Crippen molar-refractivity contribution in [1.29, 1.82) is 0 Å². The SMILES string of the molecule is CC(C)[C@@H]1NC(=O)[C@H](Cc2ccccc2)NC(=O)C2(CCCCC2)NC(=O)[C@@H](N)CSSC[C@@H](C(=O)N2CCC[C@H]2C(=O)N[C@@H](CCCN=C(N)N)C(=O)NCC(N)=O)NC(=O)[C@H](CC(N)=O)NC1=O. The van der Waals surface area contributed by atoms with Gasteiger partial charge in [0, 0.05) is 31.0 Å². The van der Waals surface area contributed by atoms with Crippen LogP contribution in [0.4, 0.5) is 0 Å². The maximum atomic E-state index is 14.6. The van der Waals surface area contributed by atoms with Crippen LogP contribution in [0, 0.1) is 5.92 Å². The van der Waals surface area contributed by atoms with Crippen molar-refractivity contribution < 1.29 is 47.9 Å². The minimum atomic E-state index is -1.65. The minimum Gasteiger partial charge on any atom is -0.370 e. The van der Waals surface area contributed by atoms with E-state index in [1.807, 2.05) is 0 Å². The third-order valence-electron chi connectivity index (χ3n) is 12.1. The van der Waals surface area contributed by atoms with Crippen LogP contribution in [0.25, 0.3) is 0 Å². The van der Waals surface area contributed by atoms with Crippen molar-refractivity contribution in [2.45, 2.75) is 132 Å². The number of nitrogens with one attached hydrogen (secondary N) is 7. The van der Waals surface area contributed by atoms with Gasteiger partial charge in [0.05, 0.1) is 19.0 Å². The van der Waals surface area contributed by atoms with E-state index in [1.165, 1.54) is 4.90 Å². The lowest BCUT2D eigenvalue weighted by Crippen LogP contribution is -2.65.